The number of fused-ring (bicyclic) bond motifs is 9. The summed E-state index contributed by atoms with van der Waals surface area (Å²) in [6.45, 7) is 4.37. The normalized spacial score (nSPS) is 11.7. The Morgan fingerprint density at radius 3 is 1.09 bits per heavy atom. The van der Waals surface area contributed by atoms with E-state index in [1.54, 1.807) is 0 Å². The number of para-hydroxylation sites is 2. The standard InChI is InChI=1S/C64H44N2O2/c1-41-23-25-47(43-15-7-3-8-16-43)37-57(41)65(51-19-11-5-12-20-51)53-29-27-45-35-55-61(39-49(45)33-53)67-59-31-32-60-64(63(55)59)56-36-46-28-30-54(34-50(46)40-62(56)68-60)66(52-21-13-6-14-22-52)58-38-48(26-24-42(58)2)44-17-9-4-10-18-44/h3-40H,1-2H3. The average molecular weight is 873 g/mol. The summed E-state index contributed by atoms with van der Waals surface area (Å²) in [5.74, 6) is 0. The number of aryl methyl sites for hydroxylation is 2. The van der Waals surface area contributed by atoms with E-state index in [4.69, 9.17) is 8.83 Å². The molecule has 0 saturated carbocycles. The third-order valence-electron chi connectivity index (χ3n) is 13.6. The van der Waals surface area contributed by atoms with Crippen molar-refractivity contribution in [1.29, 1.82) is 0 Å². The summed E-state index contributed by atoms with van der Waals surface area (Å²) in [5, 5.41) is 8.78. The molecule has 0 aliphatic carbocycles. The minimum absolute atomic E-state index is 0.840. The SMILES string of the molecule is Cc1ccc(-c2ccccc2)cc1N(c1ccccc1)c1ccc2cc3c(cc2c1)oc1ccc2oc4cc5cc(N(c6ccccc6)c6cc(-c7ccccc7)ccc6C)ccc5cc4c2c13. The lowest BCUT2D eigenvalue weighted by atomic mass is 9.99. The van der Waals surface area contributed by atoms with Crippen LogP contribution in [0, 0.1) is 13.8 Å². The van der Waals surface area contributed by atoms with Crippen molar-refractivity contribution >= 4 is 99.5 Å². The largest absolute Gasteiger partial charge is 0.456 e. The van der Waals surface area contributed by atoms with E-state index in [0.29, 0.717) is 0 Å². The summed E-state index contributed by atoms with van der Waals surface area (Å²) >= 11 is 0. The molecule has 0 amide bonds. The van der Waals surface area contributed by atoms with E-state index in [2.05, 4.69) is 254 Å². The first-order valence-corrected chi connectivity index (χ1v) is 23.2. The van der Waals surface area contributed by atoms with Crippen LogP contribution in [0.5, 0.6) is 0 Å². The molecule has 0 spiro atoms. The minimum atomic E-state index is 0.840. The van der Waals surface area contributed by atoms with Crippen LogP contribution in [0.25, 0.3) is 87.7 Å². The molecule has 0 atom stereocenters. The molecule has 0 aliphatic heterocycles. The van der Waals surface area contributed by atoms with Gasteiger partial charge in [-0.05, 0) is 166 Å². The van der Waals surface area contributed by atoms with Gasteiger partial charge in [-0.15, -0.1) is 0 Å². The monoisotopic (exact) mass is 872 g/mol. The van der Waals surface area contributed by atoms with Crippen molar-refractivity contribution in [3.05, 3.63) is 242 Å². The van der Waals surface area contributed by atoms with Gasteiger partial charge in [0.2, 0.25) is 0 Å². The van der Waals surface area contributed by atoms with Gasteiger partial charge in [-0.1, -0.05) is 133 Å². The quantitative estimate of drug-likeness (QED) is 0.152. The van der Waals surface area contributed by atoms with Crippen LogP contribution >= 0.6 is 0 Å². The summed E-state index contributed by atoms with van der Waals surface area (Å²) in [6, 6.07) is 82.5. The van der Waals surface area contributed by atoms with Gasteiger partial charge in [-0.25, -0.2) is 0 Å². The Labute approximate surface area is 394 Å². The fourth-order valence-electron chi connectivity index (χ4n) is 10.2. The van der Waals surface area contributed by atoms with Crippen LogP contribution in [0.4, 0.5) is 34.1 Å². The molecule has 4 heteroatoms. The van der Waals surface area contributed by atoms with E-state index < -0.39 is 0 Å². The van der Waals surface area contributed by atoms with Crippen molar-refractivity contribution < 1.29 is 8.83 Å². The summed E-state index contributed by atoms with van der Waals surface area (Å²) in [7, 11) is 0. The first kappa shape index (κ1) is 39.5. The third-order valence-corrected chi connectivity index (χ3v) is 13.6. The molecule has 13 rings (SSSR count). The smallest absolute Gasteiger partial charge is 0.136 e. The second-order valence-corrected chi connectivity index (χ2v) is 17.9. The molecule has 4 nitrogen and oxygen atoms in total. The van der Waals surface area contributed by atoms with Crippen LogP contribution in [0.2, 0.25) is 0 Å². The van der Waals surface area contributed by atoms with Crippen LogP contribution < -0.4 is 9.80 Å². The van der Waals surface area contributed by atoms with Gasteiger partial charge >= 0.3 is 0 Å². The molecule has 13 aromatic rings. The molecule has 11 aromatic carbocycles. The third kappa shape index (κ3) is 6.68. The van der Waals surface area contributed by atoms with Crippen molar-refractivity contribution in [2.75, 3.05) is 9.80 Å². The van der Waals surface area contributed by atoms with E-state index in [1.165, 1.54) is 33.4 Å². The van der Waals surface area contributed by atoms with Gasteiger partial charge in [0.25, 0.3) is 0 Å². The first-order valence-electron chi connectivity index (χ1n) is 23.2. The molecule has 0 unspecified atom stereocenters. The zero-order valence-electron chi connectivity index (χ0n) is 37.7. The molecule has 0 fully saturated rings. The van der Waals surface area contributed by atoms with E-state index in [9.17, 15) is 0 Å². The molecule has 0 radical (unpaired) electrons. The highest BCUT2D eigenvalue weighted by Gasteiger charge is 2.21. The fourth-order valence-corrected chi connectivity index (χ4v) is 10.2. The van der Waals surface area contributed by atoms with Crippen molar-refractivity contribution in [3.8, 4) is 22.3 Å². The van der Waals surface area contributed by atoms with Crippen molar-refractivity contribution in [1.82, 2.24) is 0 Å². The molecule has 2 aromatic heterocycles. The zero-order valence-corrected chi connectivity index (χ0v) is 37.7. The predicted molar refractivity (Wildman–Crippen MR) is 286 cm³/mol. The maximum Gasteiger partial charge on any atom is 0.136 e. The average Bonchev–Trinajstić information content (AvgIpc) is 3.94. The summed E-state index contributed by atoms with van der Waals surface area (Å²) in [6.07, 6.45) is 0. The van der Waals surface area contributed by atoms with Gasteiger partial charge in [0.05, 0.1) is 0 Å². The Hall–Kier alpha value is -8.86. The summed E-state index contributed by atoms with van der Waals surface area (Å²) in [4.78, 5) is 4.73. The number of anilines is 6. The molecular formula is C64H44N2O2. The van der Waals surface area contributed by atoms with E-state index in [1.807, 2.05) is 0 Å². The van der Waals surface area contributed by atoms with Crippen molar-refractivity contribution in [2.24, 2.45) is 0 Å². The van der Waals surface area contributed by atoms with Crippen LogP contribution in [-0.4, -0.2) is 0 Å². The van der Waals surface area contributed by atoms with Crippen LogP contribution in [0.3, 0.4) is 0 Å². The number of furan rings is 2. The fraction of sp³-hybridized carbons (Fsp3) is 0.0312. The Morgan fingerprint density at radius 1 is 0.279 bits per heavy atom. The number of rotatable bonds is 8. The van der Waals surface area contributed by atoms with Gasteiger partial charge in [0, 0.05) is 55.7 Å². The predicted octanol–water partition coefficient (Wildman–Crippen LogP) is 18.7. The minimum Gasteiger partial charge on any atom is -0.456 e. The molecule has 0 N–H and O–H groups in total. The highest BCUT2D eigenvalue weighted by atomic mass is 16.3. The van der Waals surface area contributed by atoms with Crippen LogP contribution in [0.15, 0.2) is 239 Å². The molecule has 0 saturated heterocycles. The Bertz CT molecular complexity index is 3780. The number of benzene rings is 11. The molecule has 322 valence electrons. The second-order valence-electron chi connectivity index (χ2n) is 17.9. The Morgan fingerprint density at radius 2 is 0.676 bits per heavy atom. The highest BCUT2D eigenvalue weighted by molar-refractivity contribution is 6.28. The lowest BCUT2D eigenvalue weighted by Gasteiger charge is -2.28. The van der Waals surface area contributed by atoms with E-state index in [0.717, 1.165) is 99.5 Å². The topological polar surface area (TPSA) is 32.8 Å². The highest BCUT2D eigenvalue weighted by Crippen LogP contribution is 2.46. The van der Waals surface area contributed by atoms with E-state index in [-0.39, 0.29) is 0 Å². The maximum atomic E-state index is 6.74. The van der Waals surface area contributed by atoms with Gasteiger partial charge in [0.15, 0.2) is 0 Å². The van der Waals surface area contributed by atoms with E-state index >= 15 is 0 Å². The van der Waals surface area contributed by atoms with Gasteiger partial charge in [-0.3, -0.25) is 0 Å². The first-order chi connectivity index (χ1) is 33.5. The summed E-state index contributed by atoms with van der Waals surface area (Å²) < 4.78 is 13.5. The van der Waals surface area contributed by atoms with Gasteiger partial charge in [-0.2, -0.15) is 0 Å². The number of hydrogen-bond donors (Lipinski definition) is 0. The maximum absolute atomic E-state index is 6.74. The lowest BCUT2D eigenvalue weighted by Crippen LogP contribution is -2.11. The zero-order chi connectivity index (χ0) is 45.3. The van der Waals surface area contributed by atoms with Gasteiger partial charge in [0.1, 0.15) is 22.3 Å². The number of nitrogens with zero attached hydrogens (tertiary/aromatic N) is 2. The van der Waals surface area contributed by atoms with Crippen molar-refractivity contribution in [3.63, 3.8) is 0 Å². The molecule has 0 aliphatic rings. The molecule has 0 bridgehead atoms. The second kappa shape index (κ2) is 15.9. The number of hydrogen-bond acceptors (Lipinski definition) is 4. The van der Waals surface area contributed by atoms with Gasteiger partial charge < -0.3 is 18.6 Å². The molecule has 2 heterocycles. The summed E-state index contributed by atoms with van der Waals surface area (Å²) in [5.41, 5.74) is 17.1. The van der Waals surface area contributed by atoms with Crippen LogP contribution in [-0.2, 0) is 0 Å². The lowest BCUT2D eigenvalue weighted by molar-refractivity contribution is 0.663. The van der Waals surface area contributed by atoms with Crippen LogP contribution in [0.1, 0.15) is 11.1 Å². The van der Waals surface area contributed by atoms with Crippen molar-refractivity contribution in [2.45, 2.75) is 13.8 Å². The molecular weight excluding hydrogens is 829 g/mol. The Balaban J connectivity index is 0.923. The molecule has 68 heavy (non-hydrogen) atoms. The Kier molecular flexibility index (Phi) is 9.26.